The number of anilines is 1. The number of nitrogens with zero attached hydrogens (tertiary/aromatic N) is 2. The zero-order valence-corrected chi connectivity index (χ0v) is 12.4. The third-order valence-corrected chi connectivity index (χ3v) is 2.98. The summed E-state index contributed by atoms with van der Waals surface area (Å²) in [6.07, 6.45) is 0. The molecule has 0 saturated heterocycles. The molecule has 1 heterocycles. The monoisotopic (exact) mass is 289 g/mol. The topological polar surface area (TPSA) is 81.6 Å². The van der Waals surface area contributed by atoms with Crippen molar-refractivity contribution in [3.05, 3.63) is 41.3 Å². The largest absolute Gasteiger partial charge is 0.492 e. The first kappa shape index (κ1) is 14.9. The van der Waals surface area contributed by atoms with Gasteiger partial charge < -0.3 is 19.9 Å². The van der Waals surface area contributed by atoms with Gasteiger partial charge in [-0.2, -0.15) is 0 Å². The quantitative estimate of drug-likeness (QED) is 0.854. The number of carbonyl (C=O) groups is 1. The standard InChI is InChI=1S/C15H19N3O3/c1-4-20-14-6-5-11(8-13(14)16)15(19)18(3)9-12-7-10(2)21-17-12/h5-8H,4,9,16H2,1-3H3. The number of nitrogen functional groups attached to an aromatic ring is 1. The molecule has 0 radical (unpaired) electrons. The molecule has 6 nitrogen and oxygen atoms in total. The molecule has 21 heavy (non-hydrogen) atoms. The molecule has 0 fully saturated rings. The average molecular weight is 289 g/mol. The molecule has 112 valence electrons. The fourth-order valence-electron chi connectivity index (χ4n) is 2.00. The van der Waals surface area contributed by atoms with E-state index in [-0.39, 0.29) is 5.91 Å². The van der Waals surface area contributed by atoms with Crippen LogP contribution in [0.2, 0.25) is 0 Å². The van der Waals surface area contributed by atoms with Crippen LogP contribution in [0.4, 0.5) is 5.69 Å². The summed E-state index contributed by atoms with van der Waals surface area (Å²) in [5.41, 5.74) is 7.55. The Bertz CT molecular complexity index is 637. The van der Waals surface area contributed by atoms with Gasteiger partial charge in [-0.25, -0.2) is 0 Å². The van der Waals surface area contributed by atoms with Crippen LogP contribution in [-0.2, 0) is 6.54 Å². The minimum Gasteiger partial charge on any atom is -0.492 e. The highest BCUT2D eigenvalue weighted by Gasteiger charge is 2.15. The number of ether oxygens (including phenoxy) is 1. The van der Waals surface area contributed by atoms with Gasteiger partial charge >= 0.3 is 0 Å². The summed E-state index contributed by atoms with van der Waals surface area (Å²) in [5.74, 6) is 1.17. The molecule has 2 N–H and O–H groups in total. The predicted octanol–water partition coefficient (Wildman–Crippen LogP) is 2.24. The van der Waals surface area contributed by atoms with E-state index >= 15 is 0 Å². The van der Waals surface area contributed by atoms with Crippen LogP contribution in [0.1, 0.15) is 28.7 Å². The van der Waals surface area contributed by atoms with E-state index in [1.54, 1.807) is 36.2 Å². The summed E-state index contributed by atoms with van der Waals surface area (Å²) in [6, 6.07) is 6.84. The number of hydrogen-bond donors (Lipinski definition) is 1. The van der Waals surface area contributed by atoms with Crippen LogP contribution in [0.3, 0.4) is 0 Å². The van der Waals surface area contributed by atoms with Gasteiger partial charge in [0.25, 0.3) is 5.91 Å². The van der Waals surface area contributed by atoms with E-state index in [1.165, 1.54) is 0 Å². The molecule has 1 amide bonds. The number of carbonyl (C=O) groups excluding carboxylic acids is 1. The lowest BCUT2D eigenvalue weighted by atomic mass is 10.1. The van der Waals surface area contributed by atoms with Gasteiger partial charge in [-0.05, 0) is 32.0 Å². The van der Waals surface area contributed by atoms with E-state index in [1.807, 2.05) is 13.8 Å². The normalized spacial score (nSPS) is 10.4. The van der Waals surface area contributed by atoms with Crippen LogP contribution < -0.4 is 10.5 Å². The van der Waals surface area contributed by atoms with Crippen molar-refractivity contribution in [2.75, 3.05) is 19.4 Å². The molecule has 2 aromatic rings. The maximum atomic E-state index is 12.3. The SMILES string of the molecule is CCOc1ccc(C(=O)N(C)Cc2cc(C)on2)cc1N. The van der Waals surface area contributed by atoms with Crippen molar-refractivity contribution >= 4 is 11.6 Å². The summed E-state index contributed by atoms with van der Waals surface area (Å²) >= 11 is 0. The predicted molar refractivity (Wildman–Crippen MR) is 79.1 cm³/mol. The van der Waals surface area contributed by atoms with Crippen molar-refractivity contribution in [1.82, 2.24) is 10.1 Å². The molecule has 0 spiro atoms. The Morgan fingerprint density at radius 2 is 2.19 bits per heavy atom. The smallest absolute Gasteiger partial charge is 0.254 e. The van der Waals surface area contributed by atoms with Gasteiger partial charge in [0.15, 0.2) is 0 Å². The van der Waals surface area contributed by atoms with Crippen molar-refractivity contribution in [3.63, 3.8) is 0 Å². The van der Waals surface area contributed by atoms with E-state index in [4.69, 9.17) is 15.0 Å². The molecule has 0 bridgehead atoms. The van der Waals surface area contributed by atoms with Crippen molar-refractivity contribution in [1.29, 1.82) is 0 Å². The fourth-order valence-corrected chi connectivity index (χ4v) is 2.00. The van der Waals surface area contributed by atoms with Crippen LogP contribution >= 0.6 is 0 Å². The second-order valence-corrected chi connectivity index (χ2v) is 4.78. The molecule has 0 aliphatic heterocycles. The Kier molecular flexibility index (Phi) is 4.47. The zero-order valence-electron chi connectivity index (χ0n) is 12.4. The minimum absolute atomic E-state index is 0.134. The first-order valence-electron chi connectivity index (χ1n) is 6.71. The Balaban J connectivity index is 2.10. The summed E-state index contributed by atoms with van der Waals surface area (Å²) < 4.78 is 10.3. The molecule has 2 rings (SSSR count). The lowest BCUT2D eigenvalue weighted by molar-refractivity contribution is 0.0782. The van der Waals surface area contributed by atoms with Crippen LogP contribution in [0.25, 0.3) is 0 Å². The molecule has 0 unspecified atom stereocenters. The van der Waals surface area contributed by atoms with Crippen molar-refractivity contribution in [2.45, 2.75) is 20.4 Å². The number of rotatable bonds is 5. The summed E-state index contributed by atoms with van der Waals surface area (Å²) in [4.78, 5) is 13.9. The molecular formula is C15H19N3O3. The first-order valence-corrected chi connectivity index (χ1v) is 6.71. The summed E-state index contributed by atoms with van der Waals surface area (Å²) in [7, 11) is 1.71. The molecular weight excluding hydrogens is 270 g/mol. The third kappa shape index (κ3) is 3.53. The van der Waals surface area contributed by atoms with Crippen molar-refractivity contribution in [2.24, 2.45) is 0 Å². The highest BCUT2D eigenvalue weighted by atomic mass is 16.5. The number of aryl methyl sites for hydroxylation is 1. The Morgan fingerprint density at radius 3 is 2.76 bits per heavy atom. The minimum atomic E-state index is -0.134. The molecule has 0 aliphatic rings. The molecule has 0 aliphatic carbocycles. The van der Waals surface area contributed by atoms with Crippen LogP contribution in [0.15, 0.2) is 28.8 Å². The Hall–Kier alpha value is -2.50. The van der Waals surface area contributed by atoms with Gasteiger partial charge in [-0.1, -0.05) is 5.16 Å². The van der Waals surface area contributed by atoms with Gasteiger partial charge in [0.05, 0.1) is 18.8 Å². The third-order valence-electron chi connectivity index (χ3n) is 2.98. The average Bonchev–Trinajstić information content (AvgIpc) is 2.85. The second kappa shape index (κ2) is 6.30. The van der Waals surface area contributed by atoms with E-state index in [0.717, 1.165) is 5.76 Å². The lowest BCUT2D eigenvalue weighted by Crippen LogP contribution is -2.26. The van der Waals surface area contributed by atoms with E-state index in [2.05, 4.69) is 5.16 Å². The number of benzene rings is 1. The first-order chi connectivity index (χ1) is 10.0. The lowest BCUT2D eigenvalue weighted by Gasteiger charge is -2.16. The number of amides is 1. The van der Waals surface area contributed by atoms with Crippen molar-refractivity contribution in [3.8, 4) is 5.75 Å². The number of hydrogen-bond acceptors (Lipinski definition) is 5. The molecule has 6 heteroatoms. The van der Waals surface area contributed by atoms with Gasteiger partial charge in [0.1, 0.15) is 17.2 Å². The van der Waals surface area contributed by atoms with Gasteiger partial charge in [0.2, 0.25) is 0 Å². The molecule has 1 aromatic heterocycles. The zero-order chi connectivity index (χ0) is 15.4. The maximum Gasteiger partial charge on any atom is 0.254 e. The van der Waals surface area contributed by atoms with E-state index in [0.29, 0.717) is 35.8 Å². The number of aromatic nitrogens is 1. The maximum absolute atomic E-state index is 12.3. The van der Waals surface area contributed by atoms with Gasteiger partial charge in [-0.3, -0.25) is 4.79 Å². The molecule has 0 saturated carbocycles. The van der Waals surface area contributed by atoms with Crippen LogP contribution in [0.5, 0.6) is 5.75 Å². The number of nitrogens with two attached hydrogens (primary N) is 1. The highest BCUT2D eigenvalue weighted by molar-refractivity contribution is 5.95. The van der Waals surface area contributed by atoms with E-state index < -0.39 is 0 Å². The van der Waals surface area contributed by atoms with Gasteiger partial charge in [0, 0.05) is 18.7 Å². The van der Waals surface area contributed by atoms with E-state index in [9.17, 15) is 4.79 Å². The Morgan fingerprint density at radius 1 is 1.43 bits per heavy atom. The van der Waals surface area contributed by atoms with Gasteiger partial charge in [-0.15, -0.1) is 0 Å². The summed E-state index contributed by atoms with van der Waals surface area (Å²) in [6.45, 7) is 4.60. The second-order valence-electron chi connectivity index (χ2n) is 4.78. The highest BCUT2D eigenvalue weighted by Crippen LogP contribution is 2.23. The summed E-state index contributed by atoms with van der Waals surface area (Å²) in [5, 5.41) is 3.87. The fraction of sp³-hybridized carbons (Fsp3) is 0.333. The molecule has 1 aromatic carbocycles. The van der Waals surface area contributed by atoms with Crippen LogP contribution in [0, 0.1) is 6.92 Å². The molecule has 0 atom stereocenters. The van der Waals surface area contributed by atoms with Crippen LogP contribution in [-0.4, -0.2) is 29.6 Å². The van der Waals surface area contributed by atoms with Crippen molar-refractivity contribution < 1.29 is 14.1 Å². The Labute approximate surface area is 123 Å².